The standard InChI is InChI=1S/C17H30O10/c1-12-14(20)15(21)17(11-26-16(12)27-17)10-25-9-8-24-7-6-23-5-4-22-3-2-13(18)19/h12,14-16,20-21H,2-11H2,1H3,(H,18,19)/t12-,14-,15-,16+,17+/m1/s1. The maximum Gasteiger partial charge on any atom is 0.305 e. The molecular weight excluding hydrogens is 364 g/mol. The van der Waals surface area contributed by atoms with Crippen molar-refractivity contribution in [2.24, 2.45) is 5.92 Å². The van der Waals surface area contributed by atoms with Gasteiger partial charge >= 0.3 is 5.97 Å². The van der Waals surface area contributed by atoms with Crippen LogP contribution in [0, 0.1) is 5.92 Å². The zero-order valence-corrected chi connectivity index (χ0v) is 15.6. The number of aliphatic hydroxyl groups excluding tert-OH is 2. The molecule has 0 aromatic rings. The fraction of sp³-hybridized carbons (Fsp3) is 0.941. The molecule has 2 heterocycles. The molecule has 0 aliphatic carbocycles. The molecule has 2 fully saturated rings. The molecule has 2 bridgehead atoms. The third kappa shape index (κ3) is 6.61. The molecule has 2 aliphatic heterocycles. The average molecular weight is 394 g/mol. The molecule has 2 saturated heterocycles. The quantitative estimate of drug-likeness (QED) is 0.315. The molecule has 3 N–H and O–H groups in total. The summed E-state index contributed by atoms with van der Waals surface area (Å²) in [5.74, 6) is -1.18. The van der Waals surface area contributed by atoms with Crippen molar-refractivity contribution in [3.05, 3.63) is 0 Å². The summed E-state index contributed by atoms with van der Waals surface area (Å²) in [4.78, 5) is 10.3. The van der Waals surface area contributed by atoms with E-state index in [2.05, 4.69) is 0 Å². The van der Waals surface area contributed by atoms with Crippen LogP contribution in [0.1, 0.15) is 13.3 Å². The first-order valence-electron chi connectivity index (χ1n) is 9.14. The zero-order valence-electron chi connectivity index (χ0n) is 15.6. The molecule has 27 heavy (non-hydrogen) atoms. The highest BCUT2D eigenvalue weighted by Gasteiger charge is 2.57. The molecule has 0 aromatic carbocycles. The van der Waals surface area contributed by atoms with Crippen molar-refractivity contribution >= 4 is 5.97 Å². The molecule has 0 unspecified atom stereocenters. The number of carboxylic acid groups (broad SMARTS) is 1. The Kier molecular flexibility index (Phi) is 9.33. The average Bonchev–Trinajstić information content (AvgIpc) is 3.05. The number of aliphatic hydroxyl groups is 2. The number of carbonyl (C=O) groups is 1. The molecule has 0 radical (unpaired) electrons. The second kappa shape index (κ2) is 11.2. The Balaban J connectivity index is 1.44. The lowest BCUT2D eigenvalue weighted by Gasteiger charge is -2.41. The topological polar surface area (TPSA) is 133 Å². The predicted molar refractivity (Wildman–Crippen MR) is 90.3 cm³/mol. The van der Waals surface area contributed by atoms with Gasteiger partial charge in [-0.05, 0) is 0 Å². The van der Waals surface area contributed by atoms with Crippen LogP contribution in [-0.2, 0) is 33.2 Å². The van der Waals surface area contributed by atoms with E-state index in [4.69, 9.17) is 33.5 Å². The van der Waals surface area contributed by atoms with Crippen molar-refractivity contribution in [1.82, 2.24) is 0 Å². The summed E-state index contributed by atoms with van der Waals surface area (Å²) in [6.07, 6.45) is -2.50. The Morgan fingerprint density at radius 2 is 1.56 bits per heavy atom. The third-order valence-electron chi connectivity index (χ3n) is 4.60. The normalized spacial score (nSPS) is 32.7. The van der Waals surface area contributed by atoms with E-state index in [1.54, 1.807) is 6.92 Å². The van der Waals surface area contributed by atoms with Crippen molar-refractivity contribution in [1.29, 1.82) is 0 Å². The molecule has 0 amide bonds. The Morgan fingerprint density at radius 3 is 2.15 bits per heavy atom. The summed E-state index contributed by atoms with van der Waals surface area (Å²) in [6, 6.07) is 0. The van der Waals surface area contributed by atoms with E-state index >= 15 is 0 Å². The lowest BCUT2D eigenvalue weighted by atomic mass is 9.86. The van der Waals surface area contributed by atoms with Gasteiger partial charge in [-0.15, -0.1) is 0 Å². The first kappa shape index (κ1) is 22.4. The van der Waals surface area contributed by atoms with Gasteiger partial charge in [0.25, 0.3) is 0 Å². The number of hydrogen-bond acceptors (Lipinski definition) is 9. The molecule has 2 aliphatic rings. The highest BCUT2D eigenvalue weighted by Crippen LogP contribution is 2.39. The van der Waals surface area contributed by atoms with E-state index in [9.17, 15) is 15.0 Å². The summed E-state index contributed by atoms with van der Waals surface area (Å²) >= 11 is 0. The fourth-order valence-corrected chi connectivity index (χ4v) is 2.92. The van der Waals surface area contributed by atoms with Crippen LogP contribution in [0.25, 0.3) is 0 Å². The van der Waals surface area contributed by atoms with Crippen LogP contribution < -0.4 is 0 Å². The van der Waals surface area contributed by atoms with Gasteiger partial charge in [-0.25, -0.2) is 0 Å². The van der Waals surface area contributed by atoms with Crippen molar-refractivity contribution in [2.75, 3.05) is 59.5 Å². The molecule has 0 aromatic heterocycles. The first-order chi connectivity index (χ1) is 13.0. The van der Waals surface area contributed by atoms with Gasteiger partial charge in [-0.3, -0.25) is 4.79 Å². The van der Waals surface area contributed by atoms with E-state index < -0.39 is 30.1 Å². The van der Waals surface area contributed by atoms with Crippen molar-refractivity contribution in [3.63, 3.8) is 0 Å². The molecule has 0 saturated carbocycles. The second-order valence-electron chi connectivity index (χ2n) is 6.69. The smallest absolute Gasteiger partial charge is 0.305 e. The van der Waals surface area contributed by atoms with E-state index in [1.807, 2.05) is 0 Å². The van der Waals surface area contributed by atoms with Crippen LogP contribution in [0.5, 0.6) is 0 Å². The number of hydrogen-bond donors (Lipinski definition) is 3. The number of aliphatic carboxylic acids is 1. The van der Waals surface area contributed by atoms with Crippen molar-refractivity contribution in [2.45, 2.75) is 37.4 Å². The molecule has 0 spiro atoms. The molecule has 10 nitrogen and oxygen atoms in total. The Labute approximate surface area is 158 Å². The summed E-state index contributed by atoms with van der Waals surface area (Å²) in [7, 11) is 0. The van der Waals surface area contributed by atoms with Gasteiger partial charge in [0.15, 0.2) is 6.29 Å². The molecule has 2 rings (SSSR count). The monoisotopic (exact) mass is 394 g/mol. The second-order valence-corrected chi connectivity index (χ2v) is 6.69. The summed E-state index contributed by atoms with van der Waals surface area (Å²) < 4.78 is 32.5. The van der Waals surface area contributed by atoms with Gasteiger partial charge in [-0.1, -0.05) is 6.92 Å². The van der Waals surface area contributed by atoms with Gasteiger partial charge in [-0.2, -0.15) is 0 Å². The minimum atomic E-state index is -1.06. The largest absolute Gasteiger partial charge is 0.481 e. The first-order valence-corrected chi connectivity index (χ1v) is 9.14. The van der Waals surface area contributed by atoms with Gasteiger partial charge in [0.05, 0.1) is 72.0 Å². The lowest BCUT2D eigenvalue weighted by molar-refractivity contribution is -0.248. The van der Waals surface area contributed by atoms with Gasteiger partial charge in [0.2, 0.25) is 0 Å². The predicted octanol–water partition coefficient (Wildman–Crippen LogP) is -0.989. The van der Waals surface area contributed by atoms with Crippen LogP contribution >= 0.6 is 0 Å². The lowest BCUT2D eigenvalue weighted by Crippen LogP contribution is -2.60. The SMILES string of the molecule is C[C@H]1[C@H]2OC[C@](COCCOCCOCCOCCC(=O)O)(O2)[C@H](O)[C@@H]1O. The fourth-order valence-electron chi connectivity index (χ4n) is 2.92. The summed E-state index contributed by atoms with van der Waals surface area (Å²) in [5, 5.41) is 28.8. The molecule has 158 valence electrons. The number of rotatable bonds is 14. The summed E-state index contributed by atoms with van der Waals surface area (Å²) in [6.45, 7) is 4.41. The number of fused-ring (bicyclic) bond motifs is 2. The van der Waals surface area contributed by atoms with Crippen LogP contribution in [0.3, 0.4) is 0 Å². The van der Waals surface area contributed by atoms with Crippen molar-refractivity contribution in [3.8, 4) is 0 Å². The Hall–Kier alpha value is -0.850. The van der Waals surface area contributed by atoms with Crippen LogP contribution in [0.4, 0.5) is 0 Å². The minimum absolute atomic E-state index is 0.0166. The van der Waals surface area contributed by atoms with Crippen LogP contribution in [0.2, 0.25) is 0 Å². The highest BCUT2D eigenvalue weighted by atomic mass is 16.7. The number of ether oxygens (including phenoxy) is 6. The molecule has 10 heteroatoms. The van der Waals surface area contributed by atoms with E-state index in [1.165, 1.54) is 0 Å². The zero-order chi connectivity index (χ0) is 19.7. The van der Waals surface area contributed by atoms with E-state index in [0.29, 0.717) is 39.6 Å². The number of carboxylic acids is 1. The highest BCUT2D eigenvalue weighted by molar-refractivity contribution is 5.66. The third-order valence-corrected chi connectivity index (χ3v) is 4.60. The van der Waals surface area contributed by atoms with Gasteiger partial charge in [0.1, 0.15) is 11.7 Å². The maximum absolute atomic E-state index is 10.3. The van der Waals surface area contributed by atoms with Gasteiger partial charge in [0, 0.05) is 5.92 Å². The van der Waals surface area contributed by atoms with Crippen LogP contribution in [-0.4, -0.2) is 105 Å². The van der Waals surface area contributed by atoms with E-state index in [-0.39, 0.29) is 32.2 Å². The van der Waals surface area contributed by atoms with Gasteiger partial charge < -0.3 is 43.7 Å². The Morgan fingerprint density at radius 1 is 1.00 bits per heavy atom. The Bertz CT molecular complexity index is 447. The van der Waals surface area contributed by atoms with Crippen molar-refractivity contribution < 1.29 is 48.5 Å². The minimum Gasteiger partial charge on any atom is -0.481 e. The summed E-state index contributed by atoms with van der Waals surface area (Å²) in [5.41, 5.74) is -1.03. The molecular formula is C17H30O10. The van der Waals surface area contributed by atoms with Crippen LogP contribution in [0.15, 0.2) is 0 Å². The van der Waals surface area contributed by atoms with E-state index in [0.717, 1.165) is 0 Å². The maximum atomic E-state index is 10.3. The molecule has 5 atom stereocenters.